The van der Waals surface area contributed by atoms with Gasteiger partial charge in [0.05, 0.1) is 30.6 Å². The lowest BCUT2D eigenvalue weighted by atomic mass is 10.1. The molecule has 1 N–H and O–H groups in total. The van der Waals surface area contributed by atoms with Crippen LogP contribution in [-0.2, 0) is 0 Å². The summed E-state index contributed by atoms with van der Waals surface area (Å²) in [4.78, 5) is 4.54. The molecule has 3 aromatic rings. The number of hydrogen-bond acceptors (Lipinski definition) is 5. The van der Waals surface area contributed by atoms with E-state index in [0.717, 1.165) is 33.6 Å². The Morgan fingerprint density at radius 1 is 1.08 bits per heavy atom. The number of hydrogen-bond donors (Lipinski definition) is 1. The largest absolute Gasteiger partial charge is 0.493 e. The maximum absolute atomic E-state index is 5.73. The van der Waals surface area contributed by atoms with Gasteiger partial charge in [-0.1, -0.05) is 18.2 Å². The number of aromatic nitrogens is 1. The number of methoxy groups -OCH3 is 1. The normalized spacial score (nSPS) is 11.3. The van der Waals surface area contributed by atoms with Crippen molar-refractivity contribution < 1.29 is 9.47 Å². The van der Waals surface area contributed by atoms with Gasteiger partial charge in [0.25, 0.3) is 0 Å². The standard InChI is InChI=1S/C21H23N3O2/c1-14(2)26-20-10-9-16(12-21(20)25-4)13-22-24-19-11-15(3)23-18-8-6-5-7-17(18)19/h5-14H,1-4H3,(H,23,24)/b22-13+. The van der Waals surface area contributed by atoms with E-state index in [4.69, 9.17) is 9.47 Å². The summed E-state index contributed by atoms with van der Waals surface area (Å²) in [6.45, 7) is 5.94. The zero-order valence-corrected chi connectivity index (χ0v) is 15.5. The Balaban J connectivity index is 1.81. The lowest BCUT2D eigenvalue weighted by molar-refractivity contribution is 0.230. The molecule has 0 aliphatic rings. The number of ether oxygens (including phenoxy) is 2. The molecule has 1 heterocycles. The van der Waals surface area contributed by atoms with Crippen LogP contribution in [0.25, 0.3) is 10.9 Å². The zero-order chi connectivity index (χ0) is 18.5. The second-order valence-electron chi connectivity index (χ2n) is 6.28. The average Bonchev–Trinajstić information content (AvgIpc) is 2.62. The van der Waals surface area contributed by atoms with Gasteiger partial charge in [-0.05, 0) is 56.7 Å². The lowest BCUT2D eigenvalue weighted by Gasteiger charge is -2.13. The van der Waals surface area contributed by atoms with Gasteiger partial charge in [0.2, 0.25) is 0 Å². The third-order valence-corrected chi connectivity index (χ3v) is 3.79. The lowest BCUT2D eigenvalue weighted by Crippen LogP contribution is -2.06. The molecule has 0 atom stereocenters. The molecular formula is C21H23N3O2. The quantitative estimate of drug-likeness (QED) is 0.514. The molecule has 1 aromatic heterocycles. The third-order valence-electron chi connectivity index (χ3n) is 3.79. The summed E-state index contributed by atoms with van der Waals surface area (Å²) in [6, 6.07) is 15.7. The molecule has 0 saturated carbocycles. The number of hydrazone groups is 1. The molecule has 134 valence electrons. The number of nitrogens with one attached hydrogen (secondary N) is 1. The predicted octanol–water partition coefficient (Wildman–Crippen LogP) is 4.79. The molecule has 0 radical (unpaired) electrons. The van der Waals surface area contributed by atoms with Crippen molar-refractivity contribution in [1.82, 2.24) is 4.98 Å². The Bertz CT molecular complexity index is 936. The van der Waals surface area contributed by atoms with Crippen LogP contribution in [0.5, 0.6) is 11.5 Å². The van der Waals surface area contributed by atoms with Gasteiger partial charge in [0, 0.05) is 11.1 Å². The molecule has 2 aromatic carbocycles. The maximum atomic E-state index is 5.73. The summed E-state index contributed by atoms with van der Waals surface area (Å²) in [5.74, 6) is 1.41. The molecule has 0 aliphatic heterocycles. The number of nitrogens with zero attached hydrogens (tertiary/aromatic N) is 2. The summed E-state index contributed by atoms with van der Waals surface area (Å²) in [5, 5.41) is 5.41. The first kappa shape index (κ1) is 17.7. The highest BCUT2D eigenvalue weighted by molar-refractivity contribution is 5.92. The molecule has 0 saturated heterocycles. The Morgan fingerprint density at radius 3 is 2.65 bits per heavy atom. The van der Waals surface area contributed by atoms with Gasteiger partial charge in [0.1, 0.15) is 0 Å². The molecule has 0 spiro atoms. The average molecular weight is 349 g/mol. The van der Waals surface area contributed by atoms with Crippen molar-refractivity contribution in [3.8, 4) is 11.5 Å². The highest BCUT2D eigenvalue weighted by atomic mass is 16.5. The van der Waals surface area contributed by atoms with Gasteiger partial charge < -0.3 is 9.47 Å². The van der Waals surface area contributed by atoms with Crippen LogP contribution in [0.15, 0.2) is 53.6 Å². The molecule has 0 fully saturated rings. The number of rotatable bonds is 6. The second-order valence-corrected chi connectivity index (χ2v) is 6.28. The van der Waals surface area contributed by atoms with E-state index in [-0.39, 0.29) is 6.10 Å². The number of fused-ring (bicyclic) bond motifs is 1. The van der Waals surface area contributed by atoms with Crippen molar-refractivity contribution in [2.45, 2.75) is 26.9 Å². The monoisotopic (exact) mass is 349 g/mol. The minimum atomic E-state index is 0.0910. The number of aryl methyl sites for hydroxylation is 1. The first-order valence-electron chi connectivity index (χ1n) is 8.57. The summed E-state index contributed by atoms with van der Waals surface area (Å²) in [6.07, 6.45) is 1.85. The van der Waals surface area contributed by atoms with Gasteiger partial charge in [-0.15, -0.1) is 0 Å². The molecular weight excluding hydrogens is 326 g/mol. The SMILES string of the molecule is COc1cc(/C=N/Nc2cc(C)nc3ccccc23)ccc1OC(C)C. The van der Waals surface area contributed by atoms with Crippen molar-refractivity contribution in [2.75, 3.05) is 12.5 Å². The Kier molecular flexibility index (Phi) is 5.37. The van der Waals surface area contributed by atoms with Crippen molar-refractivity contribution in [3.63, 3.8) is 0 Å². The summed E-state index contributed by atoms with van der Waals surface area (Å²) in [5.41, 5.74) is 6.85. The van der Waals surface area contributed by atoms with Crippen molar-refractivity contribution in [3.05, 3.63) is 59.8 Å². The van der Waals surface area contributed by atoms with E-state index in [0.29, 0.717) is 5.75 Å². The van der Waals surface area contributed by atoms with E-state index >= 15 is 0 Å². The molecule has 26 heavy (non-hydrogen) atoms. The van der Waals surface area contributed by atoms with Gasteiger partial charge in [-0.2, -0.15) is 5.10 Å². The van der Waals surface area contributed by atoms with Gasteiger partial charge in [-0.3, -0.25) is 10.4 Å². The minimum Gasteiger partial charge on any atom is -0.493 e. The Hall–Kier alpha value is -3.08. The summed E-state index contributed by atoms with van der Waals surface area (Å²) >= 11 is 0. The molecule has 5 heteroatoms. The van der Waals surface area contributed by atoms with E-state index in [1.807, 2.05) is 69.3 Å². The van der Waals surface area contributed by atoms with Crippen molar-refractivity contribution in [2.24, 2.45) is 5.10 Å². The maximum Gasteiger partial charge on any atom is 0.161 e. The number of pyridine rings is 1. The fourth-order valence-electron chi connectivity index (χ4n) is 2.69. The molecule has 0 aliphatic carbocycles. The van der Waals surface area contributed by atoms with Crippen molar-refractivity contribution >= 4 is 22.8 Å². The van der Waals surface area contributed by atoms with E-state index < -0.39 is 0 Å². The van der Waals surface area contributed by atoms with Crippen LogP contribution in [0, 0.1) is 6.92 Å². The first-order valence-corrected chi connectivity index (χ1v) is 8.57. The van der Waals surface area contributed by atoms with Gasteiger partial charge in [0.15, 0.2) is 11.5 Å². The summed E-state index contributed by atoms with van der Waals surface area (Å²) < 4.78 is 11.1. The van der Waals surface area contributed by atoms with Crippen LogP contribution >= 0.6 is 0 Å². The van der Waals surface area contributed by atoms with Crippen LogP contribution < -0.4 is 14.9 Å². The highest BCUT2D eigenvalue weighted by Crippen LogP contribution is 2.28. The Morgan fingerprint density at radius 2 is 1.88 bits per heavy atom. The van der Waals surface area contributed by atoms with Gasteiger partial charge in [-0.25, -0.2) is 0 Å². The topological polar surface area (TPSA) is 55.7 Å². The van der Waals surface area contributed by atoms with E-state index in [1.54, 1.807) is 13.3 Å². The molecule has 0 bridgehead atoms. The van der Waals surface area contributed by atoms with E-state index in [9.17, 15) is 0 Å². The highest BCUT2D eigenvalue weighted by Gasteiger charge is 2.07. The van der Waals surface area contributed by atoms with Gasteiger partial charge >= 0.3 is 0 Å². The zero-order valence-electron chi connectivity index (χ0n) is 15.5. The smallest absolute Gasteiger partial charge is 0.161 e. The van der Waals surface area contributed by atoms with Crippen LogP contribution in [0.1, 0.15) is 25.1 Å². The molecule has 0 unspecified atom stereocenters. The Labute approximate surface area is 153 Å². The summed E-state index contributed by atoms with van der Waals surface area (Å²) in [7, 11) is 1.63. The number of anilines is 1. The number of benzene rings is 2. The van der Waals surface area contributed by atoms with Crippen LogP contribution in [0.3, 0.4) is 0 Å². The molecule has 5 nitrogen and oxygen atoms in total. The number of para-hydroxylation sites is 1. The fourth-order valence-corrected chi connectivity index (χ4v) is 2.69. The minimum absolute atomic E-state index is 0.0910. The first-order chi connectivity index (χ1) is 12.6. The second kappa shape index (κ2) is 7.87. The fraction of sp³-hybridized carbons (Fsp3) is 0.238. The predicted molar refractivity (Wildman–Crippen MR) is 106 cm³/mol. The van der Waals surface area contributed by atoms with E-state index in [2.05, 4.69) is 15.5 Å². The van der Waals surface area contributed by atoms with Crippen LogP contribution in [-0.4, -0.2) is 24.4 Å². The van der Waals surface area contributed by atoms with Crippen LogP contribution in [0.2, 0.25) is 0 Å². The van der Waals surface area contributed by atoms with Crippen molar-refractivity contribution in [1.29, 1.82) is 0 Å². The van der Waals surface area contributed by atoms with Crippen LogP contribution in [0.4, 0.5) is 5.69 Å². The van der Waals surface area contributed by atoms with E-state index in [1.165, 1.54) is 0 Å². The molecule has 3 rings (SSSR count). The molecule has 0 amide bonds. The third kappa shape index (κ3) is 4.11.